The van der Waals surface area contributed by atoms with Gasteiger partial charge in [0.05, 0.1) is 17.2 Å². The predicted octanol–water partition coefficient (Wildman–Crippen LogP) is 1.88. The molecular weight excluding hydrogens is 258 g/mol. The number of carbonyl (C=O) groups excluding carboxylic acids is 1. The van der Waals surface area contributed by atoms with E-state index in [2.05, 4.69) is 15.6 Å². The van der Waals surface area contributed by atoms with Gasteiger partial charge in [-0.15, -0.1) is 0 Å². The van der Waals surface area contributed by atoms with Gasteiger partial charge in [-0.25, -0.2) is 0 Å². The van der Waals surface area contributed by atoms with Crippen molar-refractivity contribution in [2.45, 2.75) is 6.04 Å². The van der Waals surface area contributed by atoms with Crippen molar-refractivity contribution in [3.63, 3.8) is 0 Å². The number of amides is 1. The zero-order chi connectivity index (χ0) is 13.1. The van der Waals surface area contributed by atoms with Crippen LogP contribution in [0.2, 0.25) is 0 Å². The second-order valence-electron chi connectivity index (χ2n) is 4.45. The van der Waals surface area contributed by atoms with E-state index in [1.165, 1.54) is 0 Å². The van der Waals surface area contributed by atoms with Crippen LogP contribution in [0.3, 0.4) is 0 Å². The number of para-hydroxylation sites is 1. The number of hydrogen-bond acceptors (Lipinski definition) is 4. The van der Waals surface area contributed by atoms with E-state index in [-0.39, 0.29) is 11.9 Å². The number of nitrogens with zero attached hydrogens (tertiary/aromatic N) is 1. The van der Waals surface area contributed by atoms with E-state index in [1.54, 1.807) is 18.0 Å². The van der Waals surface area contributed by atoms with E-state index in [4.69, 9.17) is 0 Å². The van der Waals surface area contributed by atoms with Crippen molar-refractivity contribution in [2.75, 3.05) is 23.4 Å². The first-order valence-corrected chi connectivity index (χ1v) is 7.46. The van der Waals surface area contributed by atoms with Crippen molar-refractivity contribution in [3.05, 3.63) is 36.5 Å². The largest absolute Gasteiger partial charge is 0.323 e. The first-order chi connectivity index (χ1) is 9.34. The Morgan fingerprint density at radius 3 is 3.11 bits per heavy atom. The Balaban J connectivity index is 1.82. The molecule has 1 atom stereocenters. The molecule has 0 radical (unpaired) electrons. The zero-order valence-corrected chi connectivity index (χ0v) is 11.2. The summed E-state index contributed by atoms with van der Waals surface area (Å²) in [6, 6.07) is 9.59. The lowest BCUT2D eigenvalue weighted by atomic mass is 10.2. The summed E-state index contributed by atoms with van der Waals surface area (Å²) in [6.07, 6.45) is 1.74. The van der Waals surface area contributed by atoms with Crippen molar-refractivity contribution in [1.29, 1.82) is 0 Å². The topological polar surface area (TPSA) is 54.0 Å². The number of aromatic nitrogens is 1. The molecule has 1 saturated heterocycles. The molecule has 1 aromatic carbocycles. The van der Waals surface area contributed by atoms with Crippen LogP contribution in [0.25, 0.3) is 10.9 Å². The maximum Gasteiger partial charge on any atom is 0.242 e. The number of anilines is 1. The Hall–Kier alpha value is -1.59. The van der Waals surface area contributed by atoms with Gasteiger partial charge in [0, 0.05) is 29.6 Å². The summed E-state index contributed by atoms with van der Waals surface area (Å²) in [6.45, 7) is 0.885. The molecule has 4 nitrogen and oxygen atoms in total. The zero-order valence-electron chi connectivity index (χ0n) is 10.4. The molecule has 2 N–H and O–H groups in total. The third kappa shape index (κ3) is 2.72. The third-order valence-corrected chi connectivity index (χ3v) is 4.19. The second-order valence-corrected chi connectivity index (χ2v) is 5.60. The molecule has 2 heterocycles. The van der Waals surface area contributed by atoms with E-state index in [9.17, 15) is 4.79 Å². The average Bonchev–Trinajstić information content (AvgIpc) is 2.48. The van der Waals surface area contributed by atoms with Crippen LogP contribution in [-0.4, -0.2) is 35.0 Å². The van der Waals surface area contributed by atoms with Gasteiger partial charge in [0.25, 0.3) is 0 Å². The number of carbonyl (C=O) groups is 1. The summed E-state index contributed by atoms with van der Waals surface area (Å²) in [7, 11) is 0. The van der Waals surface area contributed by atoms with Crippen LogP contribution in [0, 0.1) is 0 Å². The Morgan fingerprint density at radius 1 is 1.37 bits per heavy atom. The number of pyridine rings is 1. The molecule has 0 bridgehead atoms. The van der Waals surface area contributed by atoms with Gasteiger partial charge in [-0.2, -0.15) is 11.8 Å². The first-order valence-electron chi connectivity index (χ1n) is 6.30. The smallest absolute Gasteiger partial charge is 0.242 e. The minimum atomic E-state index is -0.113. The highest BCUT2D eigenvalue weighted by Crippen LogP contribution is 2.21. The fraction of sp³-hybridized carbons (Fsp3) is 0.286. The molecule has 1 aromatic heterocycles. The standard InChI is InChI=1S/C14H15N3OS/c18-14(12-9-19-8-7-15-12)17-11-5-1-3-10-4-2-6-16-13(10)11/h1-6,12,15H,7-9H2,(H,17,18). The van der Waals surface area contributed by atoms with Crippen LogP contribution in [-0.2, 0) is 4.79 Å². The lowest BCUT2D eigenvalue weighted by Gasteiger charge is -2.22. The lowest BCUT2D eigenvalue weighted by Crippen LogP contribution is -2.46. The van der Waals surface area contributed by atoms with Crippen molar-refractivity contribution in [2.24, 2.45) is 0 Å². The monoisotopic (exact) mass is 273 g/mol. The molecule has 1 unspecified atom stereocenters. The molecule has 5 heteroatoms. The third-order valence-electron chi connectivity index (χ3n) is 3.13. The number of thioether (sulfide) groups is 1. The molecular formula is C14H15N3OS. The van der Waals surface area contributed by atoms with Gasteiger partial charge in [-0.05, 0) is 12.1 Å². The van der Waals surface area contributed by atoms with Crippen LogP contribution in [0.1, 0.15) is 0 Å². The maximum atomic E-state index is 12.2. The van der Waals surface area contributed by atoms with Gasteiger partial charge < -0.3 is 10.6 Å². The fourth-order valence-electron chi connectivity index (χ4n) is 2.16. The summed E-state index contributed by atoms with van der Waals surface area (Å²) in [5.41, 5.74) is 1.61. The molecule has 1 fully saturated rings. The van der Waals surface area contributed by atoms with Crippen LogP contribution >= 0.6 is 11.8 Å². The second kappa shape index (κ2) is 5.59. The molecule has 1 amide bonds. The highest BCUT2D eigenvalue weighted by molar-refractivity contribution is 7.99. The lowest BCUT2D eigenvalue weighted by molar-refractivity contribution is -0.117. The maximum absolute atomic E-state index is 12.2. The van der Waals surface area contributed by atoms with Gasteiger partial charge in [-0.1, -0.05) is 18.2 Å². The minimum absolute atomic E-state index is 0.0188. The quantitative estimate of drug-likeness (QED) is 0.877. The molecule has 3 rings (SSSR count). The highest BCUT2D eigenvalue weighted by atomic mass is 32.2. The summed E-state index contributed by atoms with van der Waals surface area (Å²) >= 11 is 1.81. The molecule has 98 valence electrons. The SMILES string of the molecule is O=C(Nc1cccc2cccnc12)C1CSCCN1. The molecule has 19 heavy (non-hydrogen) atoms. The van der Waals surface area contributed by atoms with E-state index < -0.39 is 0 Å². The van der Waals surface area contributed by atoms with Crippen LogP contribution in [0.5, 0.6) is 0 Å². The fourth-order valence-corrected chi connectivity index (χ4v) is 3.09. The Bertz CT molecular complexity index is 591. The number of rotatable bonds is 2. The molecule has 0 saturated carbocycles. The van der Waals surface area contributed by atoms with E-state index in [0.717, 1.165) is 34.6 Å². The van der Waals surface area contributed by atoms with Gasteiger partial charge in [0.15, 0.2) is 0 Å². The molecule has 0 spiro atoms. The van der Waals surface area contributed by atoms with Gasteiger partial charge in [0.1, 0.15) is 0 Å². The highest BCUT2D eigenvalue weighted by Gasteiger charge is 2.21. The number of fused-ring (bicyclic) bond motifs is 1. The molecule has 2 aromatic rings. The predicted molar refractivity (Wildman–Crippen MR) is 79.5 cm³/mol. The van der Waals surface area contributed by atoms with Gasteiger partial charge >= 0.3 is 0 Å². The average molecular weight is 273 g/mol. The van der Waals surface area contributed by atoms with Crippen molar-refractivity contribution < 1.29 is 4.79 Å². The molecule has 1 aliphatic rings. The normalized spacial score (nSPS) is 19.3. The van der Waals surface area contributed by atoms with E-state index in [1.807, 2.05) is 30.3 Å². The van der Waals surface area contributed by atoms with Crippen LogP contribution in [0.15, 0.2) is 36.5 Å². The molecule has 0 aliphatic carbocycles. The van der Waals surface area contributed by atoms with Gasteiger partial charge in [-0.3, -0.25) is 9.78 Å². The molecule has 1 aliphatic heterocycles. The number of hydrogen-bond donors (Lipinski definition) is 2. The van der Waals surface area contributed by atoms with E-state index >= 15 is 0 Å². The van der Waals surface area contributed by atoms with Crippen LogP contribution < -0.4 is 10.6 Å². The number of nitrogens with one attached hydrogen (secondary N) is 2. The Morgan fingerprint density at radius 2 is 2.26 bits per heavy atom. The summed E-state index contributed by atoms with van der Waals surface area (Å²) in [5, 5.41) is 7.24. The Kier molecular flexibility index (Phi) is 3.66. The Labute approximate surface area is 116 Å². The minimum Gasteiger partial charge on any atom is -0.323 e. The van der Waals surface area contributed by atoms with Gasteiger partial charge in [0.2, 0.25) is 5.91 Å². The summed E-state index contributed by atoms with van der Waals surface area (Å²) in [5.74, 6) is 1.91. The first kappa shape index (κ1) is 12.4. The number of benzene rings is 1. The van der Waals surface area contributed by atoms with Crippen LogP contribution in [0.4, 0.5) is 5.69 Å². The summed E-state index contributed by atoms with van der Waals surface area (Å²) in [4.78, 5) is 16.5. The van der Waals surface area contributed by atoms with Crippen molar-refractivity contribution in [3.8, 4) is 0 Å². The van der Waals surface area contributed by atoms with Crippen molar-refractivity contribution in [1.82, 2.24) is 10.3 Å². The van der Waals surface area contributed by atoms with E-state index in [0.29, 0.717) is 0 Å². The van der Waals surface area contributed by atoms with Crippen molar-refractivity contribution >= 4 is 34.3 Å². The summed E-state index contributed by atoms with van der Waals surface area (Å²) < 4.78 is 0.